The smallest absolute Gasteiger partial charge is 0.274 e. The molecule has 0 fully saturated rings. The van der Waals surface area contributed by atoms with Crippen LogP contribution in [0.5, 0.6) is 0 Å². The van der Waals surface area contributed by atoms with Crippen molar-refractivity contribution in [3.8, 4) is 0 Å². The number of rotatable bonds is 1. The van der Waals surface area contributed by atoms with Crippen LogP contribution in [0.1, 0.15) is 13.3 Å². The van der Waals surface area contributed by atoms with Crippen LogP contribution in [-0.2, 0) is 0 Å². The van der Waals surface area contributed by atoms with Crippen LogP contribution in [0.4, 0.5) is 0 Å². The molecule has 3 nitrogen and oxygen atoms in total. The molecule has 0 aromatic heterocycles. The number of hydrogen-bond donors (Lipinski definition) is 1. The maximum atomic E-state index is 6.88. The molecule has 0 aliphatic heterocycles. The lowest BCUT2D eigenvalue weighted by Gasteiger charge is -1.82. The van der Waals surface area contributed by atoms with Crippen LogP contribution >= 0.6 is 0 Å². The first kappa shape index (κ1) is 6.33. The Morgan fingerprint density at radius 1 is 1.86 bits per heavy atom. The van der Waals surface area contributed by atoms with Crippen molar-refractivity contribution in [3.63, 3.8) is 0 Å². The highest BCUT2D eigenvalue weighted by Gasteiger charge is 1.80. The minimum Gasteiger partial charge on any atom is -0.285 e. The molecule has 0 radical (unpaired) electrons. The third kappa shape index (κ3) is 3.16. The van der Waals surface area contributed by atoms with E-state index in [0.29, 0.717) is 12.3 Å². The molecule has 0 aliphatic carbocycles. The molecular formula is C3H8BN3. The van der Waals surface area contributed by atoms with Crippen LogP contribution < -0.4 is 0 Å². The first-order chi connectivity index (χ1) is 3.31. The van der Waals surface area contributed by atoms with Gasteiger partial charge in [0.25, 0.3) is 7.98 Å². The predicted octanol–water partition coefficient (Wildman–Crippen LogP) is 0.374. The second-order valence-electron chi connectivity index (χ2n) is 1.10. The van der Waals surface area contributed by atoms with E-state index in [2.05, 4.69) is 10.1 Å². The molecule has 0 bridgehead atoms. The first-order valence-electron chi connectivity index (χ1n) is 2.18. The number of amidine groups is 1. The zero-order valence-corrected chi connectivity index (χ0v) is 4.60. The summed E-state index contributed by atoms with van der Waals surface area (Å²) >= 11 is 0. The second kappa shape index (κ2) is 3.52. The molecule has 1 N–H and O–H groups in total. The molecule has 0 aromatic carbocycles. The van der Waals surface area contributed by atoms with Gasteiger partial charge in [-0.3, -0.25) is 10.4 Å². The van der Waals surface area contributed by atoms with E-state index < -0.39 is 0 Å². The maximum absolute atomic E-state index is 6.88. The summed E-state index contributed by atoms with van der Waals surface area (Å²) in [6.07, 6.45) is 0.664. The molecule has 0 amide bonds. The van der Waals surface area contributed by atoms with Gasteiger partial charge in [0.1, 0.15) is 5.84 Å². The molecule has 0 rings (SSSR count). The second-order valence-corrected chi connectivity index (χ2v) is 1.10. The number of nitrogens with zero attached hydrogens (tertiary/aromatic N) is 2. The molecule has 0 saturated carbocycles. The molecular weight excluding hydrogens is 88.9 g/mol. The van der Waals surface area contributed by atoms with E-state index in [-0.39, 0.29) is 0 Å². The van der Waals surface area contributed by atoms with Crippen LogP contribution in [0, 0.1) is 5.41 Å². The SMILES string of the molecule is B/N=N\C(=N)CC. The largest absolute Gasteiger partial charge is 0.285 e. The zero-order valence-electron chi connectivity index (χ0n) is 4.60. The number of hydrogen-bond acceptors (Lipinski definition) is 2. The fourth-order valence-electron chi connectivity index (χ4n) is 0.191. The van der Waals surface area contributed by atoms with Crippen molar-refractivity contribution in [3.05, 3.63) is 0 Å². The van der Waals surface area contributed by atoms with Crippen molar-refractivity contribution in [1.82, 2.24) is 0 Å². The van der Waals surface area contributed by atoms with Gasteiger partial charge in [-0.25, -0.2) is 0 Å². The van der Waals surface area contributed by atoms with Gasteiger partial charge < -0.3 is 0 Å². The van der Waals surface area contributed by atoms with Crippen molar-refractivity contribution >= 4 is 13.8 Å². The lowest BCUT2D eigenvalue weighted by atomic mass is 10.4. The lowest BCUT2D eigenvalue weighted by Crippen LogP contribution is -1.83. The maximum Gasteiger partial charge on any atom is 0.274 e. The molecule has 38 valence electrons. The lowest BCUT2D eigenvalue weighted by molar-refractivity contribution is 1.17. The summed E-state index contributed by atoms with van der Waals surface area (Å²) in [6, 6.07) is 0. The van der Waals surface area contributed by atoms with Gasteiger partial charge in [-0.1, -0.05) is 6.92 Å². The van der Waals surface area contributed by atoms with Crippen LogP contribution in [0.15, 0.2) is 10.1 Å². The standard InChI is InChI=1S/C3H8BN3/c1-2-3(5)6-7-4/h5H,2,4H2,1H3/b5-3?,7-6-. The van der Waals surface area contributed by atoms with E-state index in [1.54, 1.807) is 7.98 Å². The Morgan fingerprint density at radius 3 is 2.57 bits per heavy atom. The van der Waals surface area contributed by atoms with Crippen molar-refractivity contribution in [2.45, 2.75) is 13.3 Å². The van der Waals surface area contributed by atoms with Gasteiger partial charge in [0.05, 0.1) is 0 Å². The van der Waals surface area contributed by atoms with Crippen molar-refractivity contribution in [1.29, 1.82) is 5.41 Å². The Labute approximate surface area is 43.8 Å². The highest BCUT2D eigenvalue weighted by molar-refractivity contribution is 6.05. The van der Waals surface area contributed by atoms with Gasteiger partial charge in [-0.05, 0) is 0 Å². The van der Waals surface area contributed by atoms with Gasteiger partial charge in [0.2, 0.25) is 0 Å². The number of nitrogens with one attached hydrogen (secondary N) is 1. The van der Waals surface area contributed by atoms with Crippen LogP contribution in [-0.4, -0.2) is 13.8 Å². The molecule has 0 spiro atoms. The minimum absolute atomic E-state index is 0.336. The summed E-state index contributed by atoms with van der Waals surface area (Å²) in [5.41, 5.74) is 0. The third-order valence-electron chi connectivity index (χ3n) is 0.556. The van der Waals surface area contributed by atoms with E-state index >= 15 is 0 Å². The Kier molecular flexibility index (Phi) is 3.19. The zero-order chi connectivity index (χ0) is 5.70. The van der Waals surface area contributed by atoms with Crippen LogP contribution in [0.3, 0.4) is 0 Å². The predicted molar refractivity (Wildman–Crippen MR) is 31.4 cm³/mol. The van der Waals surface area contributed by atoms with Gasteiger partial charge in [0, 0.05) is 6.42 Å². The van der Waals surface area contributed by atoms with E-state index in [9.17, 15) is 0 Å². The summed E-state index contributed by atoms with van der Waals surface area (Å²) < 4.78 is 0. The molecule has 0 heterocycles. The quantitative estimate of drug-likeness (QED) is 0.213. The van der Waals surface area contributed by atoms with Gasteiger partial charge in [-0.15, -0.1) is 0 Å². The highest BCUT2D eigenvalue weighted by Crippen LogP contribution is 1.81. The Hall–Kier alpha value is -0.665. The van der Waals surface area contributed by atoms with E-state index in [0.717, 1.165) is 0 Å². The fourth-order valence-corrected chi connectivity index (χ4v) is 0.191. The summed E-state index contributed by atoms with van der Waals surface area (Å²) in [7, 11) is 1.56. The monoisotopic (exact) mass is 97.1 g/mol. The Balaban J connectivity index is 3.37. The van der Waals surface area contributed by atoms with Crippen LogP contribution in [0.2, 0.25) is 0 Å². The summed E-state index contributed by atoms with van der Waals surface area (Å²) in [4.78, 5) is 0. The Bertz CT molecular complexity index is 88.2. The molecule has 0 saturated heterocycles. The molecule has 4 heteroatoms. The van der Waals surface area contributed by atoms with Gasteiger partial charge >= 0.3 is 0 Å². The fraction of sp³-hybridized carbons (Fsp3) is 0.667. The summed E-state index contributed by atoms with van der Waals surface area (Å²) in [5.74, 6) is 0.336. The van der Waals surface area contributed by atoms with Crippen molar-refractivity contribution in [2.24, 2.45) is 10.1 Å². The molecule has 7 heavy (non-hydrogen) atoms. The summed E-state index contributed by atoms with van der Waals surface area (Å²) in [5, 5.41) is 13.7. The van der Waals surface area contributed by atoms with Gasteiger partial charge in [-0.2, -0.15) is 5.11 Å². The minimum atomic E-state index is 0.336. The topological polar surface area (TPSA) is 48.6 Å². The van der Waals surface area contributed by atoms with Crippen LogP contribution in [0.25, 0.3) is 0 Å². The third-order valence-corrected chi connectivity index (χ3v) is 0.556. The first-order valence-corrected chi connectivity index (χ1v) is 2.18. The van der Waals surface area contributed by atoms with Gasteiger partial charge in [0.15, 0.2) is 0 Å². The highest BCUT2D eigenvalue weighted by atomic mass is 15.1. The average Bonchev–Trinajstić information content (AvgIpc) is 1.68. The molecule has 0 unspecified atom stereocenters. The van der Waals surface area contributed by atoms with Crippen molar-refractivity contribution in [2.75, 3.05) is 0 Å². The van der Waals surface area contributed by atoms with E-state index in [1.165, 1.54) is 0 Å². The average molecular weight is 96.9 g/mol. The van der Waals surface area contributed by atoms with E-state index in [1.807, 2.05) is 6.92 Å². The molecule has 0 atom stereocenters. The Morgan fingerprint density at radius 2 is 2.43 bits per heavy atom. The molecule has 0 aliphatic rings. The van der Waals surface area contributed by atoms with E-state index in [4.69, 9.17) is 5.41 Å². The summed E-state index contributed by atoms with van der Waals surface area (Å²) in [6.45, 7) is 1.87. The van der Waals surface area contributed by atoms with Crippen molar-refractivity contribution < 1.29 is 0 Å². The normalized spacial score (nSPS) is 9.86. The molecule has 0 aromatic rings.